The molecule has 3 aromatic rings. The van der Waals surface area contributed by atoms with Gasteiger partial charge in [0.05, 0.1) is 6.04 Å². The number of hydrogen-bond donors (Lipinski definition) is 1. The van der Waals surface area contributed by atoms with Crippen LogP contribution in [0.15, 0.2) is 66.9 Å². The number of para-hydroxylation sites is 1. The first kappa shape index (κ1) is 17.1. The molecule has 0 saturated heterocycles. The van der Waals surface area contributed by atoms with Gasteiger partial charge in [-0.25, -0.2) is 0 Å². The van der Waals surface area contributed by atoms with E-state index < -0.39 is 0 Å². The lowest BCUT2D eigenvalue weighted by Crippen LogP contribution is -2.44. The summed E-state index contributed by atoms with van der Waals surface area (Å²) in [6, 6.07) is 20.6. The third-order valence-electron chi connectivity index (χ3n) is 4.87. The van der Waals surface area contributed by atoms with Crippen LogP contribution in [0.25, 0.3) is 0 Å². The third-order valence-corrected chi connectivity index (χ3v) is 5.46. The fraction of sp³-hybridized carbons (Fsp3) is 0.190. The second-order valence-electron chi connectivity index (χ2n) is 6.52. The Labute approximate surface area is 164 Å². The molecule has 0 saturated carbocycles. The Kier molecular flexibility index (Phi) is 4.70. The van der Waals surface area contributed by atoms with Gasteiger partial charge in [-0.05, 0) is 60.6 Å². The summed E-state index contributed by atoms with van der Waals surface area (Å²) in [5, 5.41) is 4.92. The Morgan fingerprint density at radius 2 is 1.81 bits per heavy atom. The number of halogens is 1. The van der Waals surface area contributed by atoms with Gasteiger partial charge in [0.1, 0.15) is 0 Å². The van der Waals surface area contributed by atoms with Gasteiger partial charge in [0.15, 0.2) is 5.11 Å². The van der Waals surface area contributed by atoms with Crippen molar-refractivity contribution >= 4 is 34.6 Å². The van der Waals surface area contributed by atoms with E-state index in [0.29, 0.717) is 0 Å². The van der Waals surface area contributed by atoms with Crippen molar-refractivity contribution in [1.82, 2.24) is 9.47 Å². The number of nitrogens with zero attached hydrogens (tertiary/aromatic N) is 2. The number of thiocarbonyl (C=S) groups is 1. The van der Waals surface area contributed by atoms with E-state index in [9.17, 15) is 0 Å². The third kappa shape index (κ3) is 3.22. The van der Waals surface area contributed by atoms with E-state index in [2.05, 4.69) is 64.3 Å². The summed E-state index contributed by atoms with van der Waals surface area (Å²) in [4.78, 5) is 2.26. The second kappa shape index (κ2) is 7.14. The fourth-order valence-electron chi connectivity index (χ4n) is 3.50. The zero-order valence-electron chi connectivity index (χ0n) is 14.5. The van der Waals surface area contributed by atoms with Crippen molar-refractivity contribution in [3.63, 3.8) is 0 Å². The van der Waals surface area contributed by atoms with E-state index >= 15 is 0 Å². The van der Waals surface area contributed by atoms with Crippen molar-refractivity contribution in [3.8, 4) is 0 Å². The summed E-state index contributed by atoms with van der Waals surface area (Å²) in [6.45, 7) is 3.86. The van der Waals surface area contributed by atoms with Gasteiger partial charge in [-0.3, -0.25) is 0 Å². The van der Waals surface area contributed by atoms with Crippen molar-refractivity contribution in [2.75, 3.05) is 11.9 Å². The van der Waals surface area contributed by atoms with Crippen LogP contribution in [0.3, 0.4) is 0 Å². The summed E-state index contributed by atoms with van der Waals surface area (Å²) in [6.07, 6.45) is 2.13. The Balaban J connectivity index is 1.68. The number of fused-ring (bicyclic) bond motifs is 1. The normalized spacial score (nSPS) is 16.2. The second-order valence-corrected chi connectivity index (χ2v) is 7.34. The lowest BCUT2D eigenvalue weighted by Gasteiger charge is -2.39. The highest BCUT2D eigenvalue weighted by Crippen LogP contribution is 2.33. The minimum absolute atomic E-state index is 0.0695. The number of aryl methyl sites for hydroxylation is 1. The molecule has 5 heteroatoms. The summed E-state index contributed by atoms with van der Waals surface area (Å²) < 4.78 is 2.30. The van der Waals surface area contributed by atoms with Gasteiger partial charge < -0.3 is 14.8 Å². The molecule has 2 heterocycles. The number of benzene rings is 2. The van der Waals surface area contributed by atoms with Crippen LogP contribution in [0.5, 0.6) is 0 Å². The largest absolute Gasteiger partial charge is 0.348 e. The molecule has 1 aromatic heterocycles. The van der Waals surface area contributed by atoms with Crippen LogP contribution in [-0.2, 0) is 6.54 Å². The smallest absolute Gasteiger partial charge is 0.174 e. The molecule has 1 atom stereocenters. The Morgan fingerprint density at radius 3 is 2.58 bits per heavy atom. The van der Waals surface area contributed by atoms with Gasteiger partial charge in [-0.15, -0.1) is 0 Å². The average molecular weight is 382 g/mol. The maximum Gasteiger partial charge on any atom is 0.174 e. The molecule has 2 aromatic carbocycles. The predicted molar refractivity (Wildman–Crippen MR) is 112 cm³/mol. The van der Waals surface area contributed by atoms with Crippen molar-refractivity contribution in [2.45, 2.75) is 19.5 Å². The van der Waals surface area contributed by atoms with E-state index in [1.54, 1.807) is 0 Å². The molecule has 0 spiro atoms. The minimum atomic E-state index is 0.0695. The number of anilines is 1. The molecule has 1 aliphatic heterocycles. The van der Waals surface area contributed by atoms with Crippen LogP contribution < -0.4 is 5.32 Å². The van der Waals surface area contributed by atoms with Gasteiger partial charge in [0.25, 0.3) is 0 Å². The van der Waals surface area contributed by atoms with Gasteiger partial charge in [0.2, 0.25) is 0 Å². The highest BCUT2D eigenvalue weighted by molar-refractivity contribution is 7.80. The molecule has 26 heavy (non-hydrogen) atoms. The first-order valence-electron chi connectivity index (χ1n) is 8.67. The van der Waals surface area contributed by atoms with Crippen molar-refractivity contribution in [1.29, 1.82) is 0 Å². The Morgan fingerprint density at radius 1 is 1.04 bits per heavy atom. The zero-order valence-corrected chi connectivity index (χ0v) is 16.1. The van der Waals surface area contributed by atoms with Crippen LogP contribution >= 0.6 is 23.8 Å². The van der Waals surface area contributed by atoms with Crippen molar-refractivity contribution in [3.05, 3.63) is 88.7 Å². The number of hydrogen-bond acceptors (Lipinski definition) is 1. The van der Waals surface area contributed by atoms with Gasteiger partial charge in [-0.2, -0.15) is 0 Å². The monoisotopic (exact) mass is 381 g/mol. The molecule has 0 aliphatic carbocycles. The SMILES string of the molecule is Cc1ccccc1NC(=S)N1CCn2cccc2C1c1ccc(Cl)cc1. The molecular formula is C21H20ClN3S. The molecule has 0 radical (unpaired) electrons. The lowest BCUT2D eigenvalue weighted by molar-refractivity contribution is 0.293. The first-order valence-corrected chi connectivity index (χ1v) is 9.46. The molecule has 0 fully saturated rings. The molecule has 1 unspecified atom stereocenters. The number of rotatable bonds is 2. The van der Waals surface area contributed by atoms with E-state index in [0.717, 1.165) is 28.9 Å². The van der Waals surface area contributed by atoms with Crippen LogP contribution in [-0.4, -0.2) is 21.1 Å². The molecular weight excluding hydrogens is 362 g/mol. The van der Waals surface area contributed by atoms with Gasteiger partial charge >= 0.3 is 0 Å². The van der Waals surface area contributed by atoms with Crippen LogP contribution in [0.4, 0.5) is 5.69 Å². The fourth-order valence-corrected chi connectivity index (χ4v) is 3.93. The van der Waals surface area contributed by atoms with E-state index in [1.807, 2.05) is 24.3 Å². The molecule has 1 aliphatic rings. The van der Waals surface area contributed by atoms with Crippen LogP contribution in [0, 0.1) is 6.92 Å². The number of nitrogens with one attached hydrogen (secondary N) is 1. The standard InChI is InChI=1S/C21H20ClN3S/c1-15-5-2-3-6-18(15)23-21(26)25-14-13-24-12-4-7-19(24)20(25)16-8-10-17(22)11-9-16/h2-12,20H,13-14H2,1H3,(H,23,26). The predicted octanol–water partition coefficient (Wildman–Crippen LogP) is 5.25. The quantitative estimate of drug-likeness (QED) is 0.612. The van der Waals surface area contributed by atoms with E-state index in [-0.39, 0.29) is 6.04 Å². The molecule has 1 N–H and O–H groups in total. The highest BCUT2D eigenvalue weighted by atomic mass is 35.5. The highest BCUT2D eigenvalue weighted by Gasteiger charge is 2.30. The number of aromatic nitrogens is 1. The van der Waals surface area contributed by atoms with Gasteiger partial charge in [-0.1, -0.05) is 41.9 Å². The van der Waals surface area contributed by atoms with E-state index in [4.69, 9.17) is 23.8 Å². The average Bonchev–Trinajstić information content (AvgIpc) is 3.12. The summed E-state index contributed by atoms with van der Waals surface area (Å²) >= 11 is 11.9. The van der Waals surface area contributed by atoms with Gasteiger partial charge in [0, 0.05) is 35.7 Å². The van der Waals surface area contributed by atoms with Crippen LogP contribution in [0.1, 0.15) is 22.9 Å². The van der Waals surface area contributed by atoms with Crippen LogP contribution in [0.2, 0.25) is 5.02 Å². The molecule has 3 nitrogen and oxygen atoms in total. The summed E-state index contributed by atoms with van der Waals surface area (Å²) in [5.74, 6) is 0. The van der Waals surface area contributed by atoms with Crippen molar-refractivity contribution in [2.24, 2.45) is 0 Å². The minimum Gasteiger partial charge on any atom is -0.348 e. The summed E-state index contributed by atoms with van der Waals surface area (Å²) in [7, 11) is 0. The zero-order chi connectivity index (χ0) is 18.1. The maximum absolute atomic E-state index is 6.10. The van der Waals surface area contributed by atoms with Crippen molar-refractivity contribution < 1.29 is 0 Å². The molecule has 132 valence electrons. The Hall–Kier alpha value is -2.30. The Bertz CT molecular complexity index is 932. The topological polar surface area (TPSA) is 20.2 Å². The molecule has 0 amide bonds. The summed E-state index contributed by atoms with van der Waals surface area (Å²) in [5.41, 5.74) is 4.65. The molecule has 4 rings (SSSR count). The maximum atomic E-state index is 6.10. The van der Waals surface area contributed by atoms with E-state index in [1.165, 1.54) is 16.8 Å². The lowest BCUT2D eigenvalue weighted by atomic mass is 10.0. The molecule has 0 bridgehead atoms. The first-order chi connectivity index (χ1) is 12.6.